The molecule has 20 heavy (non-hydrogen) atoms. The fourth-order valence-corrected chi connectivity index (χ4v) is 2.69. The second-order valence-electron chi connectivity index (χ2n) is 5.07. The van der Waals surface area contributed by atoms with Crippen LogP contribution in [0.1, 0.15) is 31.5 Å². The normalized spacial score (nSPS) is 17.5. The molecule has 1 aromatic heterocycles. The van der Waals surface area contributed by atoms with Crippen LogP contribution in [-0.4, -0.2) is 17.3 Å². The van der Waals surface area contributed by atoms with Gasteiger partial charge in [0.15, 0.2) is 0 Å². The number of hydrogen-bond donors (Lipinski definition) is 1. The van der Waals surface area contributed by atoms with Gasteiger partial charge in [-0.3, -0.25) is 0 Å². The highest BCUT2D eigenvalue weighted by Gasteiger charge is 2.40. The predicted molar refractivity (Wildman–Crippen MR) is 71.3 cm³/mol. The summed E-state index contributed by atoms with van der Waals surface area (Å²) in [4.78, 5) is 4.31. The lowest BCUT2D eigenvalue weighted by Gasteiger charge is -2.22. The Morgan fingerprint density at radius 3 is 2.75 bits per heavy atom. The first-order valence-corrected chi connectivity index (χ1v) is 6.59. The number of nitrogens with zero attached hydrogens (tertiary/aromatic N) is 2. The quantitative estimate of drug-likeness (QED) is 0.873. The van der Waals surface area contributed by atoms with Crippen LogP contribution in [0.3, 0.4) is 0 Å². The number of anilines is 1. The lowest BCUT2D eigenvalue weighted by molar-refractivity contribution is -0.0178. The van der Waals surface area contributed by atoms with Crippen molar-refractivity contribution in [3.05, 3.63) is 29.8 Å². The summed E-state index contributed by atoms with van der Waals surface area (Å²) in [6.07, 6.45) is 3.83. The first-order chi connectivity index (χ1) is 9.64. The van der Waals surface area contributed by atoms with Gasteiger partial charge in [0.2, 0.25) is 5.82 Å². The van der Waals surface area contributed by atoms with Crippen molar-refractivity contribution in [2.24, 2.45) is 0 Å². The molecule has 3 rings (SSSR count). The summed E-state index contributed by atoms with van der Waals surface area (Å²) in [6.45, 7) is 0. The minimum atomic E-state index is -0.494. The summed E-state index contributed by atoms with van der Waals surface area (Å²) in [6, 6.07) is 4.38. The molecule has 1 aromatic carbocycles. The van der Waals surface area contributed by atoms with Crippen LogP contribution in [0.5, 0.6) is 0 Å². The third-order valence-corrected chi connectivity index (χ3v) is 3.86. The zero-order valence-corrected chi connectivity index (χ0v) is 11.2. The molecule has 0 atom stereocenters. The summed E-state index contributed by atoms with van der Waals surface area (Å²) >= 11 is 0. The standard InChI is InChI=1S/C14H16FN3O2/c1-19-14(6-2-3-7-14)13-17-12(20-18-13)10-5-4-9(16)8-11(10)15/h4-5,8H,2-3,6-7,16H2,1H3. The Labute approximate surface area is 115 Å². The van der Waals surface area contributed by atoms with Gasteiger partial charge < -0.3 is 15.0 Å². The molecule has 1 fully saturated rings. The first-order valence-electron chi connectivity index (χ1n) is 6.59. The first kappa shape index (κ1) is 13.1. The van der Waals surface area contributed by atoms with Gasteiger partial charge in [0, 0.05) is 12.8 Å². The Morgan fingerprint density at radius 1 is 1.35 bits per heavy atom. The fraction of sp³-hybridized carbons (Fsp3) is 0.429. The van der Waals surface area contributed by atoms with Gasteiger partial charge in [0.25, 0.3) is 5.89 Å². The smallest absolute Gasteiger partial charge is 0.261 e. The molecule has 106 valence electrons. The van der Waals surface area contributed by atoms with E-state index in [1.807, 2.05) is 0 Å². The molecule has 6 heteroatoms. The third kappa shape index (κ3) is 2.06. The minimum Gasteiger partial charge on any atom is -0.399 e. The lowest BCUT2D eigenvalue weighted by atomic mass is 10.0. The molecule has 2 N–H and O–H groups in total. The largest absolute Gasteiger partial charge is 0.399 e. The number of nitrogens with two attached hydrogens (primary N) is 1. The van der Waals surface area contributed by atoms with Crippen molar-refractivity contribution in [1.82, 2.24) is 10.1 Å². The van der Waals surface area contributed by atoms with Gasteiger partial charge in [-0.2, -0.15) is 4.98 Å². The Hall–Kier alpha value is -1.95. The maximum atomic E-state index is 13.9. The van der Waals surface area contributed by atoms with Gasteiger partial charge in [0.05, 0.1) is 5.56 Å². The molecular weight excluding hydrogens is 261 g/mol. The second-order valence-corrected chi connectivity index (χ2v) is 5.07. The number of aromatic nitrogens is 2. The topological polar surface area (TPSA) is 74.2 Å². The van der Waals surface area contributed by atoms with Crippen molar-refractivity contribution in [3.8, 4) is 11.5 Å². The summed E-state index contributed by atoms with van der Waals surface area (Å²) in [7, 11) is 1.64. The number of rotatable bonds is 3. The van der Waals surface area contributed by atoms with Crippen molar-refractivity contribution < 1.29 is 13.7 Å². The Balaban J connectivity index is 1.97. The van der Waals surface area contributed by atoms with Gasteiger partial charge >= 0.3 is 0 Å². The van der Waals surface area contributed by atoms with Crippen LogP contribution in [-0.2, 0) is 10.3 Å². The number of benzene rings is 1. The Morgan fingerprint density at radius 2 is 2.10 bits per heavy atom. The highest BCUT2D eigenvalue weighted by atomic mass is 19.1. The molecule has 1 saturated carbocycles. The molecule has 0 amide bonds. The molecule has 2 aromatic rings. The van der Waals surface area contributed by atoms with Gasteiger partial charge in [-0.15, -0.1) is 0 Å². The highest BCUT2D eigenvalue weighted by Crippen LogP contribution is 2.40. The number of halogens is 1. The molecule has 1 aliphatic carbocycles. The SMILES string of the molecule is COC1(c2noc(-c3ccc(N)cc3F)n2)CCCC1. The molecule has 0 aliphatic heterocycles. The number of methoxy groups -OCH3 is 1. The van der Waals surface area contributed by atoms with Gasteiger partial charge in [-0.05, 0) is 43.9 Å². The summed E-state index contributed by atoms with van der Waals surface area (Å²) in [5.41, 5.74) is 5.64. The van der Waals surface area contributed by atoms with E-state index in [2.05, 4.69) is 10.1 Å². The van der Waals surface area contributed by atoms with Crippen LogP contribution in [0.4, 0.5) is 10.1 Å². The Kier molecular flexibility index (Phi) is 3.17. The monoisotopic (exact) mass is 277 g/mol. The molecule has 5 nitrogen and oxygen atoms in total. The predicted octanol–water partition coefficient (Wildman–Crippen LogP) is 2.87. The molecule has 1 aliphatic rings. The van der Waals surface area contributed by atoms with Crippen LogP contribution in [0.25, 0.3) is 11.5 Å². The molecular formula is C14H16FN3O2. The summed E-state index contributed by atoms with van der Waals surface area (Å²) in [5.74, 6) is 0.169. The van der Waals surface area contributed by atoms with E-state index in [9.17, 15) is 4.39 Å². The average Bonchev–Trinajstić information content (AvgIpc) is 3.08. The highest BCUT2D eigenvalue weighted by molar-refractivity contribution is 5.58. The minimum absolute atomic E-state index is 0.154. The van der Waals surface area contributed by atoms with Gasteiger partial charge in [-0.25, -0.2) is 4.39 Å². The number of nitrogen functional groups attached to an aromatic ring is 1. The zero-order chi connectivity index (χ0) is 14.2. The van der Waals surface area contributed by atoms with Crippen LogP contribution >= 0.6 is 0 Å². The molecule has 1 heterocycles. The molecule has 0 radical (unpaired) electrons. The zero-order valence-electron chi connectivity index (χ0n) is 11.2. The van der Waals surface area contributed by atoms with Crippen molar-refractivity contribution in [2.75, 3.05) is 12.8 Å². The number of ether oxygens (including phenoxy) is 1. The van der Waals surface area contributed by atoms with E-state index in [0.717, 1.165) is 25.7 Å². The van der Waals surface area contributed by atoms with Crippen LogP contribution in [0.2, 0.25) is 0 Å². The van der Waals surface area contributed by atoms with Crippen molar-refractivity contribution in [3.63, 3.8) is 0 Å². The van der Waals surface area contributed by atoms with E-state index in [4.69, 9.17) is 15.0 Å². The van der Waals surface area contributed by atoms with E-state index in [-0.39, 0.29) is 11.5 Å². The van der Waals surface area contributed by atoms with E-state index in [1.54, 1.807) is 13.2 Å². The Bertz CT molecular complexity index is 621. The van der Waals surface area contributed by atoms with E-state index in [1.165, 1.54) is 12.1 Å². The maximum absolute atomic E-state index is 13.9. The van der Waals surface area contributed by atoms with Crippen molar-refractivity contribution in [1.29, 1.82) is 0 Å². The average molecular weight is 277 g/mol. The van der Waals surface area contributed by atoms with Gasteiger partial charge in [-0.1, -0.05) is 5.16 Å². The van der Waals surface area contributed by atoms with Crippen LogP contribution < -0.4 is 5.73 Å². The van der Waals surface area contributed by atoms with Crippen LogP contribution in [0, 0.1) is 5.82 Å². The van der Waals surface area contributed by atoms with Crippen molar-refractivity contribution in [2.45, 2.75) is 31.3 Å². The summed E-state index contributed by atoms with van der Waals surface area (Å²) < 4.78 is 24.6. The van der Waals surface area contributed by atoms with Gasteiger partial charge in [0.1, 0.15) is 11.4 Å². The van der Waals surface area contributed by atoms with E-state index >= 15 is 0 Å². The molecule has 0 bridgehead atoms. The summed E-state index contributed by atoms with van der Waals surface area (Å²) in [5, 5.41) is 3.97. The molecule has 0 spiro atoms. The third-order valence-electron chi connectivity index (χ3n) is 3.86. The van der Waals surface area contributed by atoms with E-state index < -0.39 is 11.4 Å². The van der Waals surface area contributed by atoms with Crippen LogP contribution in [0.15, 0.2) is 22.7 Å². The van der Waals surface area contributed by atoms with Crippen molar-refractivity contribution >= 4 is 5.69 Å². The fourth-order valence-electron chi connectivity index (χ4n) is 2.69. The second kappa shape index (κ2) is 4.86. The number of hydrogen-bond acceptors (Lipinski definition) is 5. The lowest BCUT2D eigenvalue weighted by Crippen LogP contribution is -2.25. The van der Waals surface area contributed by atoms with E-state index in [0.29, 0.717) is 11.5 Å². The maximum Gasteiger partial charge on any atom is 0.261 e. The molecule has 0 saturated heterocycles. The molecule has 0 unspecified atom stereocenters.